The number of carbonyl (C=O) groups excluding carboxylic acids is 2. The number of benzene rings is 2. The van der Waals surface area contributed by atoms with Crippen molar-refractivity contribution in [2.24, 2.45) is 0 Å². The van der Waals surface area contributed by atoms with Crippen molar-refractivity contribution < 1.29 is 9.59 Å². The largest absolute Gasteiger partial charge is 0.269 e. The van der Waals surface area contributed by atoms with Crippen LogP contribution in [0.3, 0.4) is 0 Å². The van der Waals surface area contributed by atoms with E-state index in [1.165, 1.54) is 16.7 Å². The van der Waals surface area contributed by atoms with Crippen LogP contribution in [-0.2, 0) is 16.1 Å². The average Bonchev–Trinajstić information content (AvgIpc) is 2.97. The summed E-state index contributed by atoms with van der Waals surface area (Å²) in [5, 5.41) is 0.621. The Hall–Kier alpha value is -2.89. The van der Waals surface area contributed by atoms with Crippen molar-refractivity contribution in [3.63, 3.8) is 0 Å². The number of pyridine rings is 1. The first kappa shape index (κ1) is 20.4. The number of amides is 2. The van der Waals surface area contributed by atoms with Crippen LogP contribution in [0.15, 0.2) is 76.8 Å². The van der Waals surface area contributed by atoms with Gasteiger partial charge in [-0.25, -0.2) is 0 Å². The van der Waals surface area contributed by atoms with Crippen LogP contribution in [0.5, 0.6) is 0 Å². The SMILES string of the molecule is Cc1ccc(C2=C(Sc3ccc(Cl)cc3)C(=O)N(Cc3ccncc3)C2=O)cc1C. The maximum atomic E-state index is 13.4. The van der Waals surface area contributed by atoms with Gasteiger partial charge in [-0.15, -0.1) is 0 Å². The van der Waals surface area contributed by atoms with E-state index in [0.717, 1.165) is 27.1 Å². The molecule has 0 spiro atoms. The van der Waals surface area contributed by atoms with Crippen LogP contribution in [0.1, 0.15) is 22.3 Å². The molecular formula is C24H19ClN2O2S. The molecule has 1 aromatic heterocycles. The number of thioether (sulfide) groups is 1. The van der Waals surface area contributed by atoms with Gasteiger partial charge in [0.05, 0.1) is 17.0 Å². The minimum absolute atomic E-state index is 0.208. The van der Waals surface area contributed by atoms with Gasteiger partial charge in [-0.2, -0.15) is 0 Å². The van der Waals surface area contributed by atoms with Crippen LogP contribution in [-0.4, -0.2) is 21.7 Å². The molecule has 2 aromatic carbocycles. The van der Waals surface area contributed by atoms with E-state index in [4.69, 9.17) is 11.6 Å². The van der Waals surface area contributed by atoms with Gasteiger partial charge < -0.3 is 0 Å². The topological polar surface area (TPSA) is 50.3 Å². The van der Waals surface area contributed by atoms with Crippen molar-refractivity contribution in [3.05, 3.63) is 99.2 Å². The summed E-state index contributed by atoms with van der Waals surface area (Å²) in [6, 6.07) is 16.7. The van der Waals surface area contributed by atoms with Gasteiger partial charge in [0.25, 0.3) is 11.8 Å². The predicted octanol–water partition coefficient (Wildman–Crippen LogP) is 5.42. The van der Waals surface area contributed by atoms with Gasteiger partial charge >= 0.3 is 0 Å². The minimum atomic E-state index is -0.287. The first-order valence-corrected chi connectivity index (χ1v) is 10.6. The number of aryl methyl sites for hydroxylation is 2. The average molecular weight is 435 g/mol. The van der Waals surface area contributed by atoms with Gasteiger partial charge in [-0.1, -0.05) is 41.6 Å². The van der Waals surface area contributed by atoms with E-state index >= 15 is 0 Å². The third-order valence-corrected chi connectivity index (χ3v) is 6.39. The zero-order valence-electron chi connectivity index (χ0n) is 16.6. The van der Waals surface area contributed by atoms with E-state index in [1.54, 1.807) is 36.7 Å². The van der Waals surface area contributed by atoms with Crippen molar-refractivity contribution in [2.45, 2.75) is 25.3 Å². The fraction of sp³-hybridized carbons (Fsp3) is 0.125. The molecule has 0 atom stereocenters. The molecule has 0 bridgehead atoms. The molecule has 0 fully saturated rings. The molecule has 6 heteroatoms. The van der Waals surface area contributed by atoms with E-state index in [1.807, 2.05) is 44.2 Å². The van der Waals surface area contributed by atoms with Gasteiger partial charge in [0.15, 0.2) is 0 Å². The Balaban J connectivity index is 1.76. The number of nitrogens with zero attached hydrogens (tertiary/aromatic N) is 2. The van der Waals surface area contributed by atoms with Crippen molar-refractivity contribution in [1.82, 2.24) is 9.88 Å². The number of aromatic nitrogens is 1. The molecule has 30 heavy (non-hydrogen) atoms. The second kappa shape index (κ2) is 8.46. The number of hydrogen-bond donors (Lipinski definition) is 0. The molecule has 0 unspecified atom stereocenters. The lowest BCUT2D eigenvalue weighted by Crippen LogP contribution is -2.30. The molecule has 2 amide bonds. The van der Waals surface area contributed by atoms with Gasteiger partial charge in [-0.05, 0) is 72.5 Å². The van der Waals surface area contributed by atoms with Gasteiger partial charge in [0.2, 0.25) is 0 Å². The summed E-state index contributed by atoms with van der Waals surface area (Å²) in [7, 11) is 0. The molecule has 0 saturated carbocycles. The lowest BCUT2D eigenvalue weighted by Gasteiger charge is -2.15. The zero-order valence-corrected chi connectivity index (χ0v) is 18.1. The highest BCUT2D eigenvalue weighted by molar-refractivity contribution is 8.04. The molecule has 0 saturated heterocycles. The third kappa shape index (κ3) is 4.04. The van der Waals surface area contributed by atoms with Gasteiger partial charge in [0, 0.05) is 22.3 Å². The Labute approximate surface area is 184 Å². The van der Waals surface area contributed by atoms with Crippen molar-refractivity contribution in [3.8, 4) is 0 Å². The third-order valence-electron chi connectivity index (χ3n) is 5.04. The summed E-state index contributed by atoms with van der Waals surface area (Å²) in [6.07, 6.45) is 3.31. The summed E-state index contributed by atoms with van der Waals surface area (Å²) >= 11 is 7.29. The molecular weight excluding hydrogens is 416 g/mol. The van der Waals surface area contributed by atoms with Crippen LogP contribution in [0.25, 0.3) is 5.57 Å². The molecule has 1 aliphatic rings. The van der Waals surface area contributed by atoms with Crippen LogP contribution in [0.2, 0.25) is 5.02 Å². The Morgan fingerprint density at radius 1 is 0.900 bits per heavy atom. The molecule has 2 heterocycles. The Kier molecular flexibility index (Phi) is 5.75. The molecule has 4 rings (SSSR count). The second-order valence-electron chi connectivity index (χ2n) is 7.11. The number of carbonyl (C=O) groups is 2. The molecule has 0 aliphatic carbocycles. The Morgan fingerprint density at radius 3 is 2.27 bits per heavy atom. The lowest BCUT2D eigenvalue weighted by molar-refractivity contribution is -0.137. The van der Waals surface area contributed by atoms with E-state index in [9.17, 15) is 9.59 Å². The summed E-state index contributed by atoms with van der Waals surface area (Å²) in [4.78, 5) is 33.3. The van der Waals surface area contributed by atoms with Gasteiger partial charge in [-0.3, -0.25) is 19.5 Å². The molecule has 0 N–H and O–H groups in total. The van der Waals surface area contributed by atoms with Crippen LogP contribution in [0.4, 0.5) is 0 Å². The highest BCUT2D eigenvalue weighted by atomic mass is 35.5. The maximum Gasteiger partial charge on any atom is 0.268 e. The molecule has 4 nitrogen and oxygen atoms in total. The lowest BCUT2D eigenvalue weighted by atomic mass is 10.0. The molecule has 1 aliphatic heterocycles. The van der Waals surface area contributed by atoms with Crippen molar-refractivity contribution in [2.75, 3.05) is 0 Å². The summed E-state index contributed by atoms with van der Waals surface area (Å²) < 4.78 is 0. The summed E-state index contributed by atoms with van der Waals surface area (Å²) in [5.74, 6) is -0.568. The number of imide groups is 1. The summed E-state index contributed by atoms with van der Waals surface area (Å²) in [5.41, 5.74) is 4.26. The monoisotopic (exact) mass is 434 g/mol. The van der Waals surface area contributed by atoms with E-state index in [-0.39, 0.29) is 18.4 Å². The van der Waals surface area contributed by atoms with E-state index in [0.29, 0.717) is 15.5 Å². The van der Waals surface area contributed by atoms with Crippen molar-refractivity contribution >= 4 is 40.8 Å². The summed E-state index contributed by atoms with van der Waals surface area (Å²) in [6.45, 7) is 4.23. The fourth-order valence-electron chi connectivity index (χ4n) is 3.23. The van der Waals surface area contributed by atoms with E-state index < -0.39 is 0 Å². The Bertz CT molecular complexity index is 1160. The first-order valence-electron chi connectivity index (χ1n) is 9.44. The molecule has 0 radical (unpaired) electrons. The molecule has 150 valence electrons. The number of rotatable bonds is 5. The van der Waals surface area contributed by atoms with Crippen LogP contribution >= 0.6 is 23.4 Å². The highest BCUT2D eigenvalue weighted by Gasteiger charge is 2.39. The quantitative estimate of drug-likeness (QED) is 0.503. The molecule has 3 aromatic rings. The standard InChI is InChI=1S/C24H19ClN2O2S/c1-15-3-4-18(13-16(15)2)21-22(30-20-7-5-19(25)6-8-20)24(29)27(23(21)28)14-17-9-11-26-12-10-17/h3-13H,14H2,1-2H3. The van der Waals surface area contributed by atoms with E-state index in [2.05, 4.69) is 4.98 Å². The normalized spacial score (nSPS) is 14.0. The Morgan fingerprint density at radius 2 is 1.60 bits per heavy atom. The second-order valence-corrected chi connectivity index (χ2v) is 8.63. The fourth-order valence-corrected chi connectivity index (χ4v) is 4.37. The van der Waals surface area contributed by atoms with Gasteiger partial charge in [0.1, 0.15) is 0 Å². The number of hydrogen-bond acceptors (Lipinski definition) is 4. The first-order chi connectivity index (χ1) is 14.4. The van der Waals surface area contributed by atoms with Crippen molar-refractivity contribution in [1.29, 1.82) is 0 Å². The minimum Gasteiger partial charge on any atom is -0.269 e. The smallest absolute Gasteiger partial charge is 0.268 e. The van der Waals surface area contributed by atoms with Crippen LogP contribution in [0, 0.1) is 13.8 Å². The number of halogens is 1. The zero-order chi connectivity index (χ0) is 21.3. The highest BCUT2D eigenvalue weighted by Crippen LogP contribution is 2.40. The maximum absolute atomic E-state index is 13.4. The van der Waals surface area contributed by atoms with Crippen LogP contribution < -0.4 is 0 Å². The predicted molar refractivity (Wildman–Crippen MR) is 120 cm³/mol.